The number of hydrogen-bond acceptors (Lipinski definition) is 4. The van der Waals surface area contributed by atoms with E-state index in [1.54, 1.807) is 6.07 Å². The number of carbonyl (C=O) groups is 1. The summed E-state index contributed by atoms with van der Waals surface area (Å²) in [6.07, 6.45) is 2.88. The zero-order chi connectivity index (χ0) is 20.3. The van der Waals surface area contributed by atoms with Crippen molar-refractivity contribution in [3.8, 4) is 5.75 Å². The highest BCUT2D eigenvalue weighted by Crippen LogP contribution is 2.32. The highest BCUT2D eigenvalue weighted by molar-refractivity contribution is 5.69. The molecule has 28 heavy (non-hydrogen) atoms. The largest absolute Gasteiger partial charge is 0.508 e. The molecule has 3 rings (SSSR count). The number of rotatable bonds is 4. The topological polar surface area (TPSA) is 75.8 Å². The summed E-state index contributed by atoms with van der Waals surface area (Å²) in [5.74, 6) is 0.272. The maximum Gasteiger partial charge on any atom is 0.410 e. The molecular weight excluding hydrogens is 352 g/mol. The number of ether oxygens (including phenoxy) is 1. The fourth-order valence-electron chi connectivity index (χ4n) is 3.84. The van der Waals surface area contributed by atoms with Crippen molar-refractivity contribution >= 4 is 11.8 Å². The van der Waals surface area contributed by atoms with Gasteiger partial charge < -0.3 is 20.5 Å². The van der Waals surface area contributed by atoms with Gasteiger partial charge in [-0.3, -0.25) is 0 Å². The Bertz CT molecular complexity index is 811. The second-order valence-corrected chi connectivity index (χ2v) is 8.55. The lowest BCUT2D eigenvalue weighted by Gasteiger charge is -2.33. The number of nitrogens with two attached hydrogens (primary N) is 1. The Morgan fingerprint density at radius 3 is 2.29 bits per heavy atom. The number of amides is 1. The average Bonchev–Trinajstić information content (AvgIpc) is 3.00. The number of aromatic hydroxyl groups is 1. The zero-order valence-corrected chi connectivity index (χ0v) is 16.9. The van der Waals surface area contributed by atoms with Gasteiger partial charge in [-0.05, 0) is 75.8 Å². The monoisotopic (exact) mass is 382 g/mol. The minimum Gasteiger partial charge on any atom is -0.508 e. The minimum atomic E-state index is -0.551. The third-order valence-corrected chi connectivity index (χ3v) is 5.12. The summed E-state index contributed by atoms with van der Waals surface area (Å²) in [6, 6.07) is 15.2. The molecule has 1 aliphatic heterocycles. The molecule has 0 aliphatic carbocycles. The van der Waals surface area contributed by atoms with Gasteiger partial charge in [0, 0.05) is 17.8 Å². The van der Waals surface area contributed by atoms with Crippen molar-refractivity contribution in [2.75, 3.05) is 5.73 Å². The average molecular weight is 383 g/mol. The van der Waals surface area contributed by atoms with Crippen molar-refractivity contribution in [3.63, 3.8) is 0 Å². The number of anilines is 1. The molecule has 0 radical (unpaired) electrons. The molecule has 1 saturated heterocycles. The Labute approximate surface area is 167 Å². The number of nitrogen functional groups attached to an aromatic ring is 1. The maximum atomic E-state index is 13.0. The second-order valence-electron chi connectivity index (χ2n) is 8.55. The molecule has 0 unspecified atom stereocenters. The number of benzene rings is 2. The van der Waals surface area contributed by atoms with Crippen LogP contribution in [0, 0.1) is 0 Å². The Morgan fingerprint density at radius 1 is 1.07 bits per heavy atom. The molecule has 0 bridgehead atoms. The molecule has 1 amide bonds. The van der Waals surface area contributed by atoms with Crippen molar-refractivity contribution in [2.24, 2.45) is 0 Å². The zero-order valence-electron chi connectivity index (χ0n) is 16.9. The van der Waals surface area contributed by atoms with Crippen LogP contribution in [0.25, 0.3) is 0 Å². The molecule has 5 heteroatoms. The van der Waals surface area contributed by atoms with E-state index >= 15 is 0 Å². The van der Waals surface area contributed by atoms with Crippen LogP contribution >= 0.6 is 0 Å². The van der Waals surface area contributed by atoms with Crippen LogP contribution in [0.1, 0.15) is 44.7 Å². The number of phenolic OH excluding ortho intramolecular Hbond substituents is 1. The number of para-hydroxylation sites is 1. The van der Waals surface area contributed by atoms with E-state index < -0.39 is 5.60 Å². The molecule has 0 spiro atoms. The van der Waals surface area contributed by atoms with Crippen LogP contribution in [0.2, 0.25) is 0 Å². The van der Waals surface area contributed by atoms with Crippen molar-refractivity contribution in [1.82, 2.24) is 4.90 Å². The first-order valence-corrected chi connectivity index (χ1v) is 9.85. The van der Waals surface area contributed by atoms with Crippen LogP contribution in [-0.4, -0.2) is 33.8 Å². The van der Waals surface area contributed by atoms with Gasteiger partial charge in [-0.15, -0.1) is 0 Å². The molecule has 150 valence electrons. The number of likely N-dealkylation sites (tertiary alicyclic amines) is 1. The number of phenols is 1. The van der Waals surface area contributed by atoms with E-state index in [0.29, 0.717) is 6.42 Å². The van der Waals surface area contributed by atoms with Gasteiger partial charge in [-0.2, -0.15) is 0 Å². The standard InChI is InChI=1S/C23H30N2O3/c1-23(2,3)28-22(27)25-19(14-16-8-10-18(24)11-9-16)12-13-20(25)15-17-6-4-5-7-21(17)26/h4-11,19-20,26H,12-15,24H2,1-3H3/t19-,20+/m0/s1. The predicted octanol–water partition coefficient (Wildman–Crippen LogP) is 4.53. The highest BCUT2D eigenvalue weighted by Gasteiger charge is 2.39. The fraction of sp³-hybridized carbons (Fsp3) is 0.435. The Hall–Kier alpha value is -2.69. The van der Waals surface area contributed by atoms with Gasteiger partial charge in [0.2, 0.25) is 0 Å². The summed E-state index contributed by atoms with van der Waals surface area (Å²) in [6.45, 7) is 5.65. The van der Waals surface area contributed by atoms with Crippen LogP contribution in [0.15, 0.2) is 48.5 Å². The van der Waals surface area contributed by atoms with Gasteiger partial charge in [0.25, 0.3) is 0 Å². The molecule has 5 nitrogen and oxygen atoms in total. The summed E-state index contributed by atoms with van der Waals surface area (Å²) in [7, 11) is 0. The molecule has 2 atom stereocenters. The van der Waals surface area contributed by atoms with Gasteiger partial charge in [-0.25, -0.2) is 4.79 Å². The molecule has 3 N–H and O–H groups in total. The SMILES string of the molecule is CC(C)(C)OC(=O)N1[C@@H](Cc2ccccc2O)CC[C@H]1Cc1ccc(N)cc1. The predicted molar refractivity (Wildman–Crippen MR) is 111 cm³/mol. The van der Waals surface area contributed by atoms with E-state index in [2.05, 4.69) is 0 Å². The van der Waals surface area contributed by atoms with Crippen molar-refractivity contribution in [3.05, 3.63) is 59.7 Å². The summed E-state index contributed by atoms with van der Waals surface area (Å²) in [5, 5.41) is 10.2. The molecule has 2 aromatic rings. The van der Waals surface area contributed by atoms with Gasteiger partial charge >= 0.3 is 6.09 Å². The quantitative estimate of drug-likeness (QED) is 0.762. The van der Waals surface area contributed by atoms with Crippen LogP contribution < -0.4 is 5.73 Å². The molecular formula is C23H30N2O3. The minimum absolute atomic E-state index is 0.00179. The van der Waals surface area contributed by atoms with Crippen molar-refractivity contribution in [1.29, 1.82) is 0 Å². The molecule has 2 aromatic carbocycles. The first-order chi connectivity index (χ1) is 13.2. The van der Waals surface area contributed by atoms with E-state index in [-0.39, 0.29) is 23.9 Å². The van der Waals surface area contributed by atoms with Crippen LogP contribution in [0.3, 0.4) is 0 Å². The van der Waals surface area contributed by atoms with Gasteiger partial charge in [0.15, 0.2) is 0 Å². The van der Waals surface area contributed by atoms with Gasteiger partial charge in [0.05, 0.1) is 0 Å². The smallest absolute Gasteiger partial charge is 0.410 e. The third-order valence-electron chi connectivity index (χ3n) is 5.12. The van der Waals surface area contributed by atoms with Crippen molar-refractivity contribution < 1.29 is 14.6 Å². The Balaban J connectivity index is 1.81. The van der Waals surface area contributed by atoms with E-state index in [0.717, 1.165) is 36.1 Å². The van der Waals surface area contributed by atoms with Crippen LogP contribution in [0.4, 0.5) is 10.5 Å². The number of nitrogens with zero attached hydrogens (tertiary/aromatic N) is 1. The Morgan fingerprint density at radius 2 is 1.68 bits per heavy atom. The second kappa shape index (κ2) is 8.13. The molecule has 1 heterocycles. The lowest BCUT2D eigenvalue weighted by molar-refractivity contribution is 0.0146. The summed E-state index contributed by atoms with van der Waals surface area (Å²) in [4.78, 5) is 14.9. The van der Waals surface area contributed by atoms with Crippen LogP contribution in [0.5, 0.6) is 5.75 Å². The van der Waals surface area contributed by atoms with E-state index in [1.165, 1.54) is 0 Å². The third kappa shape index (κ3) is 4.97. The summed E-state index contributed by atoms with van der Waals surface area (Å²) >= 11 is 0. The molecule has 1 fully saturated rings. The van der Waals surface area contributed by atoms with Gasteiger partial charge in [0.1, 0.15) is 11.4 Å². The summed E-state index contributed by atoms with van der Waals surface area (Å²) in [5.41, 5.74) is 7.98. The normalized spacial score (nSPS) is 19.6. The lowest BCUT2D eigenvalue weighted by Crippen LogP contribution is -2.45. The number of carbonyl (C=O) groups excluding carboxylic acids is 1. The maximum absolute atomic E-state index is 13.0. The van der Waals surface area contributed by atoms with Gasteiger partial charge in [-0.1, -0.05) is 30.3 Å². The van der Waals surface area contributed by atoms with E-state index in [9.17, 15) is 9.90 Å². The van der Waals surface area contributed by atoms with E-state index in [4.69, 9.17) is 10.5 Å². The number of hydrogen-bond donors (Lipinski definition) is 2. The van der Waals surface area contributed by atoms with Crippen molar-refractivity contribution in [2.45, 2.75) is 64.1 Å². The van der Waals surface area contributed by atoms with Crippen LogP contribution in [-0.2, 0) is 17.6 Å². The molecule has 0 aromatic heterocycles. The fourth-order valence-corrected chi connectivity index (χ4v) is 3.84. The molecule has 0 saturated carbocycles. The summed E-state index contributed by atoms with van der Waals surface area (Å²) < 4.78 is 5.71. The highest BCUT2D eigenvalue weighted by atomic mass is 16.6. The Kier molecular flexibility index (Phi) is 5.82. The molecule has 1 aliphatic rings. The lowest BCUT2D eigenvalue weighted by atomic mass is 10.0. The van der Waals surface area contributed by atoms with E-state index in [1.807, 2.05) is 68.1 Å². The first-order valence-electron chi connectivity index (χ1n) is 9.85. The first kappa shape index (κ1) is 20.1.